The Hall–Kier alpha value is -1.56. The van der Waals surface area contributed by atoms with Gasteiger partial charge in [0, 0.05) is 25.1 Å². The maximum Gasteiger partial charge on any atom is 0.410 e. The van der Waals surface area contributed by atoms with Gasteiger partial charge in [0.2, 0.25) is 5.88 Å². The summed E-state index contributed by atoms with van der Waals surface area (Å²) >= 11 is 5.80. The molecule has 7 heteroatoms. The number of amides is 1. The van der Waals surface area contributed by atoms with E-state index in [0.717, 1.165) is 32.2 Å². The monoisotopic (exact) mass is 341 g/mol. The lowest BCUT2D eigenvalue weighted by molar-refractivity contribution is 0.00738. The summed E-state index contributed by atoms with van der Waals surface area (Å²) in [6.45, 7) is 6.85. The highest BCUT2D eigenvalue weighted by Crippen LogP contribution is 2.23. The summed E-state index contributed by atoms with van der Waals surface area (Å²) in [5, 5.41) is 0.350. The van der Waals surface area contributed by atoms with Gasteiger partial charge in [0.05, 0.1) is 6.61 Å². The van der Waals surface area contributed by atoms with Crippen LogP contribution in [0.1, 0.15) is 46.5 Å². The van der Waals surface area contributed by atoms with Crippen molar-refractivity contribution in [2.45, 2.75) is 58.1 Å². The Morgan fingerprint density at radius 3 is 2.87 bits per heavy atom. The third-order valence-corrected chi connectivity index (χ3v) is 3.77. The minimum absolute atomic E-state index is 0.135. The van der Waals surface area contributed by atoms with E-state index in [0.29, 0.717) is 17.6 Å². The van der Waals surface area contributed by atoms with Crippen molar-refractivity contribution in [3.05, 3.63) is 17.5 Å². The quantitative estimate of drug-likeness (QED) is 0.781. The molecule has 2 heterocycles. The number of hydrogen-bond donors (Lipinski definition) is 0. The molecule has 1 saturated heterocycles. The van der Waals surface area contributed by atoms with Crippen LogP contribution in [0.4, 0.5) is 4.79 Å². The van der Waals surface area contributed by atoms with Gasteiger partial charge in [-0.25, -0.2) is 14.8 Å². The molecule has 0 aliphatic carbocycles. The summed E-state index contributed by atoms with van der Waals surface area (Å²) in [5.74, 6) is 0.449. The Balaban J connectivity index is 1.87. The number of aromatic nitrogens is 2. The minimum atomic E-state index is -0.479. The first-order valence-corrected chi connectivity index (χ1v) is 8.33. The van der Waals surface area contributed by atoms with Crippen molar-refractivity contribution in [1.82, 2.24) is 14.9 Å². The van der Waals surface area contributed by atoms with Gasteiger partial charge in [0.1, 0.15) is 17.1 Å². The fraction of sp³-hybridized carbons (Fsp3) is 0.688. The number of nitrogens with zero attached hydrogens (tertiary/aromatic N) is 3. The normalized spacial score (nSPS) is 18.6. The van der Waals surface area contributed by atoms with Crippen LogP contribution in [0.25, 0.3) is 0 Å². The second kappa shape index (κ2) is 7.81. The smallest absolute Gasteiger partial charge is 0.410 e. The molecule has 1 aliphatic heterocycles. The Morgan fingerprint density at radius 2 is 2.17 bits per heavy atom. The van der Waals surface area contributed by atoms with Crippen molar-refractivity contribution in [1.29, 1.82) is 0 Å². The summed E-state index contributed by atoms with van der Waals surface area (Å²) in [4.78, 5) is 22.0. The first-order valence-electron chi connectivity index (χ1n) is 7.95. The van der Waals surface area contributed by atoms with E-state index in [1.165, 1.54) is 6.33 Å². The summed E-state index contributed by atoms with van der Waals surface area (Å²) in [6, 6.07) is 1.71. The van der Waals surface area contributed by atoms with E-state index in [-0.39, 0.29) is 12.1 Å². The molecule has 0 bridgehead atoms. The molecule has 1 aromatic rings. The van der Waals surface area contributed by atoms with Gasteiger partial charge in [-0.1, -0.05) is 11.6 Å². The number of carbonyl (C=O) groups excluding carboxylic acids is 1. The van der Waals surface area contributed by atoms with Gasteiger partial charge in [-0.2, -0.15) is 0 Å². The van der Waals surface area contributed by atoms with Crippen LogP contribution >= 0.6 is 11.6 Å². The first-order chi connectivity index (χ1) is 10.8. The van der Waals surface area contributed by atoms with Gasteiger partial charge < -0.3 is 14.4 Å². The third kappa shape index (κ3) is 5.86. The molecule has 1 fully saturated rings. The van der Waals surface area contributed by atoms with Crippen molar-refractivity contribution >= 4 is 17.7 Å². The second-order valence-electron chi connectivity index (χ2n) is 6.64. The maximum absolute atomic E-state index is 12.3. The number of carbonyl (C=O) groups is 1. The molecule has 1 atom stereocenters. The zero-order chi connectivity index (χ0) is 16.9. The van der Waals surface area contributed by atoms with Gasteiger partial charge in [0.15, 0.2) is 0 Å². The van der Waals surface area contributed by atoms with Crippen LogP contribution in [0.2, 0.25) is 5.15 Å². The Labute approximate surface area is 142 Å². The number of likely N-dealkylation sites (tertiary alicyclic amines) is 1. The van der Waals surface area contributed by atoms with Gasteiger partial charge >= 0.3 is 6.09 Å². The summed E-state index contributed by atoms with van der Waals surface area (Å²) in [7, 11) is 0. The molecule has 0 N–H and O–H groups in total. The van der Waals surface area contributed by atoms with E-state index < -0.39 is 5.60 Å². The highest BCUT2D eigenvalue weighted by molar-refractivity contribution is 6.29. The van der Waals surface area contributed by atoms with E-state index in [9.17, 15) is 4.79 Å². The van der Waals surface area contributed by atoms with Crippen molar-refractivity contribution in [2.24, 2.45) is 0 Å². The second-order valence-corrected chi connectivity index (χ2v) is 7.03. The standard InChI is InChI=1S/C16H24ClN3O3/c1-16(2,3)23-15(21)20-8-5-4-6-12(20)7-9-22-14-10-13(17)18-11-19-14/h10-12H,4-9H2,1-3H3/t12-/m1/s1. The largest absolute Gasteiger partial charge is 0.477 e. The van der Waals surface area contributed by atoms with Crippen molar-refractivity contribution < 1.29 is 14.3 Å². The zero-order valence-corrected chi connectivity index (χ0v) is 14.7. The van der Waals surface area contributed by atoms with E-state index in [1.807, 2.05) is 25.7 Å². The fourth-order valence-corrected chi connectivity index (χ4v) is 2.69. The molecular weight excluding hydrogens is 318 g/mol. The lowest BCUT2D eigenvalue weighted by Crippen LogP contribution is -2.46. The van der Waals surface area contributed by atoms with Crippen molar-refractivity contribution in [3.63, 3.8) is 0 Å². The van der Waals surface area contributed by atoms with Crippen LogP contribution in [0.15, 0.2) is 12.4 Å². The predicted octanol–water partition coefficient (Wildman–Crippen LogP) is 3.69. The summed E-state index contributed by atoms with van der Waals surface area (Å²) < 4.78 is 11.1. The molecule has 23 heavy (non-hydrogen) atoms. The molecule has 2 rings (SSSR count). The molecule has 0 aromatic carbocycles. The maximum atomic E-state index is 12.3. The van der Waals surface area contributed by atoms with Crippen LogP contribution in [0.3, 0.4) is 0 Å². The van der Waals surface area contributed by atoms with Gasteiger partial charge in [-0.15, -0.1) is 0 Å². The molecule has 0 unspecified atom stereocenters. The number of rotatable bonds is 4. The molecule has 0 saturated carbocycles. The van der Waals surface area contributed by atoms with E-state index >= 15 is 0 Å². The Bertz CT molecular complexity index is 534. The Morgan fingerprint density at radius 1 is 1.39 bits per heavy atom. The Kier molecular flexibility index (Phi) is 6.04. The molecule has 0 radical (unpaired) electrons. The van der Waals surface area contributed by atoms with Crippen molar-refractivity contribution in [2.75, 3.05) is 13.2 Å². The first kappa shape index (κ1) is 17.8. The molecule has 128 valence electrons. The lowest BCUT2D eigenvalue weighted by atomic mass is 10.0. The summed E-state index contributed by atoms with van der Waals surface area (Å²) in [6.07, 6.45) is 4.95. The van der Waals surface area contributed by atoms with Gasteiger partial charge in [-0.05, 0) is 40.0 Å². The van der Waals surface area contributed by atoms with Crippen LogP contribution < -0.4 is 4.74 Å². The number of ether oxygens (including phenoxy) is 2. The molecule has 1 amide bonds. The van der Waals surface area contributed by atoms with Crippen LogP contribution in [0, 0.1) is 0 Å². The molecule has 1 aliphatic rings. The fourth-order valence-electron chi connectivity index (χ4n) is 2.56. The number of hydrogen-bond acceptors (Lipinski definition) is 5. The highest BCUT2D eigenvalue weighted by Gasteiger charge is 2.30. The van der Waals surface area contributed by atoms with Crippen LogP contribution in [-0.4, -0.2) is 45.8 Å². The molecule has 6 nitrogen and oxygen atoms in total. The zero-order valence-electron chi connectivity index (χ0n) is 13.9. The number of piperidine rings is 1. The van der Waals surface area contributed by atoms with Crippen LogP contribution in [-0.2, 0) is 4.74 Å². The molecule has 0 spiro atoms. The topological polar surface area (TPSA) is 64.5 Å². The third-order valence-electron chi connectivity index (χ3n) is 3.56. The average molecular weight is 342 g/mol. The molecule has 1 aromatic heterocycles. The van der Waals surface area contributed by atoms with E-state index in [4.69, 9.17) is 21.1 Å². The van der Waals surface area contributed by atoms with E-state index in [1.54, 1.807) is 6.07 Å². The minimum Gasteiger partial charge on any atom is -0.477 e. The van der Waals surface area contributed by atoms with E-state index in [2.05, 4.69) is 9.97 Å². The van der Waals surface area contributed by atoms with Crippen LogP contribution in [0.5, 0.6) is 5.88 Å². The predicted molar refractivity (Wildman–Crippen MR) is 87.7 cm³/mol. The SMILES string of the molecule is CC(C)(C)OC(=O)N1CCCC[C@@H]1CCOc1cc(Cl)ncn1. The van der Waals surface area contributed by atoms with Gasteiger partial charge in [0.25, 0.3) is 0 Å². The summed E-state index contributed by atoms with van der Waals surface area (Å²) in [5.41, 5.74) is -0.479. The lowest BCUT2D eigenvalue weighted by Gasteiger charge is -2.36. The van der Waals surface area contributed by atoms with Crippen molar-refractivity contribution in [3.8, 4) is 5.88 Å². The highest BCUT2D eigenvalue weighted by atomic mass is 35.5. The number of halogens is 1. The molecular formula is C16H24ClN3O3. The van der Waals surface area contributed by atoms with Gasteiger partial charge in [-0.3, -0.25) is 0 Å². The average Bonchev–Trinajstić information content (AvgIpc) is 2.46.